The first-order valence-corrected chi connectivity index (χ1v) is 18.0. The second-order valence-electron chi connectivity index (χ2n) is 13.5. The summed E-state index contributed by atoms with van der Waals surface area (Å²) in [6.45, 7) is 4.30. The zero-order valence-electron chi connectivity index (χ0n) is 27.5. The smallest absolute Gasteiger partial charge is 0.407 e. The molecule has 3 aliphatic rings. The van der Waals surface area contributed by atoms with Crippen molar-refractivity contribution in [3.63, 3.8) is 0 Å². The van der Waals surface area contributed by atoms with Gasteiger partial charge in [-0.05, 0) is 86.1 Å². The van der Waals surface area contributed by atoms with Gasteiger partial charge in [-0.15, -0.1) is 11.3 Å². The average Bonchev–Trinajstić information content (AvgIpc) is 3.87. The SMILES string of the molecule is COC(=O)N[C@H](C(=O)N1CCC[C@H]1c1ncc(-c2cc(F)c3c(c2)OC(c2ccc(C4CCC4)s2)n2c-3cc3cc(Cl)ccc32)[nH]1)C(C)C. The van der Waals surface area contributed by atoms with Gasteiger partial charge in [0.15, 0.2) is 0 Å². The number of imidazole rings is 1. The van der Waals surface area contributed by atoms with Gasteiger partial charge in [0, 0.05) is 27.4 Å². The van der Waals surface area contributed by atoms with Gasteiger partial charge >= 0.3 is 6.09 Å². The van der Waals surface area contributed by atoms with Gasteiger partial charge in [-0.1, -0.05) is 31.9 Å². The van der Waals surface area contributed by atoms with E-state index in [9.17, 15) is 9.59 Å². The van der Waals surface area contributed by atoms with Crippen molar-refractivity contribution in [1.29, 1.82) is 0 Å². The normalized spacial score (nSPS) is 19.3. The molecule has 3 atom stereocenters. The molecule has 2 fully saturated rings. The topological polar surface area (TPSA) is 101 Å². The molecule has 5 aromatic rings. The van der Waals surface area contributed by atoms with Crippen molar-refractivity contribution in [3.8, 4) is 28.3 Å². The first-order valence-electron chi connectivity index (χ1n) is 16.8. The molecule has 5 heterocycles. The van der Waals surface area contributed by atoms with Gasteiger partial charge in [0.1, 0.15) is 23.4 Å². The van der Waals surface area contributed by atoms with E-state index in [0.717, 1.165) is 27.9 Å². The summed E-state index contributed by atoms with van der Waals surface area (Å²) in [5.41, 5.74) is 3.26. The van der Waals surface area contributed by atoms with Crippen molar-refractivity contribution in [2.75, 3.05) is 13.7 Å². The molecule has 0 bridgehead atoms. The van der Waals surface area contributed by atoms with Crippen molar-refractivity contribution in [2.24, 2.45) is 5.92 Å². The van der Waals surface area contributed by atoms with Crippen molar-refractivity contribution in [2.45, 2.75) is 70.2 Å². The first-order chi connectivity index (χ1) is 23.7. The lowest BCUT2D eigenvalue weighted by Crippen LogP contribution is -2.51. The minimum Gasteiger partial charge on any atom is -0.464 e. The highest BCUT2D eigenvalue weighted by molar-refractivity contribution is 7.12. The van der Waals surface area contributed by atoms with Crippen LogP contribution in [0, 0.1) is 11.7 Å². The first kappa shape index (κ1) is 31.9. The zero-order chi connectivity index (χ0) is 34.0. The molecule has 2 aliphatic heterocycles. The fraction of sp³-hybridized carbons (Fsp3) is 0.378. The molecular formula is C37H37ClFN5O4S. The van der Waals surface area contributed by atoms with E-state index >= 15 is 4.39 Å². The van der Waals surface area contributed by atoms with Crippen LogP contribution in [0.2, 0.25) is 5.02 Å². The fourth-order valence-corrected chi connectivity index (χ4v) is 8.73. The molecule has 1 unspecified atom stereocenters. The highest BCUT2D eigenvalue weighted by Gasteiger charge is 2.38. The minimum absolute atomic E-state index is 0.142. The van der Waals surface area contributed by atoms with E-state index in [0.29, 0.717) is 52.3 Å². The third-order valence-electron chi connectivity index (χ3n) is 10.1. The number of likely N-dealkylation sites (tertiary alicyclic amines) is 1. The molecule has 1 saturated heterocycles. The number of carbonyl (C=O) groups is 2. The van der Waals surface area contributed by atoms with Gasteiger partial charge < -0.3 is 24.7 Å². The summed E-state index contributed by atoms with van der Waals surface area (Å²) in [5, 5.41) is 4.21. The van der Waals surface area contributed by atoms with Crippen LogP contribution >= 0.6 is 22.9 Å². The van der Waals surface area contributed by atoms with Gasteiger partial charge in [0.2, 0.25) is 12.1 Å². The van der Waals surface area contributed by atoms with Crippen molar-refractivity contribution in [1.82, 2.24) is 24.8 Å². The van der Waals surface area contributed by atoms with Crippen LogP contribution in [-0.4, -0.2) is 51.1 Å². The molecule has 2 N–H and O–H groups in total. The molecule has 2 aromatic carbocycles. The standard InChI is InChI=1S/C37H37ClFN5O4S/c1-19(2)33(42-37(46)47-3)35(45)43-13-5-8-27(43)34-40-18-25(41-34)21-15-24(39)32-28-16-22-14-23(38)9-10-26(22)44(28)36(48-29(32)17-21)31-12-11-30(49-31)20-6-4-7-20/h9-12,14-20,27,33,36H,4-8,13H2,1-3H3,(H,40,41)(H,42,46)/t27-,33-,36?/m0/s1. The van der Waals surface area contributed by atoms with E-state index in [4.69, 9.17) is 21.1 Å². The van der Waals surface area contributed by atoms with Crippen LogP contribution in [-0.2, 0) is 9.53 Å². The van der Waals surface area contributed by atoms with E-state index in [1.54, 1.807) is 22.4 Å². The third-order valence-corrected chi connectivity index (χ3v) is 11.6. The van der Waals surface area contributed by atoms with Gasteiger partial charge in [0.25, 0.3) is 0 Å². The summed E-state index contributed by atoms with van der Waals surface area (Å²) in [7, 11) is 1.28. The number of rotatable bonds is 7. The lowest BCUT2D eigenvalue weighted by molar-refractivity contribution is -0.135. The predicted octanol–water partition coefficient (Wildman–Crippen LogP) is 8.80. The quantitative estimate of drug-likeness (QED) is 0.177. The number of nitrogens with one attached hydrogen (secondary N) is 2. The van der Waals surface area contributed by atoms with Crippen LogP contribution in [0.4, 0.5) is 9.18 Å². The summed E-state index contributed by atoms with van der Waals surface area (Å²) in [4.78, 5) is 37.8. The average molecular weight is 702 g/mol. The molecular weight excluding hydrogens is 665 g/mol. The van der Waals surface area contributed by atoms with E-state index in [-0.39, 0.29) is 17.9 Å². The fourth-order valence-electron chi connectivity index (χ4n) is 7.35. The lowest BCUT2D eigenvalue weighted by Gasteiger charge is -2.30. The van der Waals surface area contributed by atoms with Crippen LogP contribution in [0.15, 0.2) is 54.7 Å². The monoisotopic (exact) mass is 701 g/mol. The number of amides is 2. The Morgan fingerprint density at radius 1 is 1.10 bits per heavy atom. The summed E-state index contributed by atoms with van der Waals surface area (Å²) in [6.07, 6.45) is 5.73. The van der Waals surface area contributed by atoms with Gasteiger partial charge in [-0.3, -0.25) is 9.36 Å². The van der Waals surface area contributed by atoms with E-state index in [1.165, 1.54) is 37.3 Å². The molecule has 2 amide bonds. The number of H-pyrrole nitrogens is 1. The van der Waals surface area contributed by atoms with E-state index in [1.807, 2.05) is 44.2 Å². The summed E-state index contributed by atoms with van der Waals surface area (Å²) < 4.78 is 29.9. The van der Waals surface area contributed by atoms with Gasteiger partial charge in [-0.25, -0.2) is 14.2 Å². The highest BCUT2D eigenvalue weighted by atomic mass is 35.5. The molecule has 1 aliphatic carbocycles. The Kier molecular flexibility index (Phi) is 8.15. The third kappa shape index (κ3) is 5.56. The number of alkyl carbamates (subject to hydrolysis) is 1. The molecule has 8 rings (SSSR count). The molecule has 3 aromatic heterocycles. The number of benzene rings is 2. The van der Waals surface area contributed by atoms with Crippen LogP contribution in [0.3, 0.4) is 0 Å². The Morgan fingerprint density at radius 3 is 2.67 bits per heavy atom. The number of nitrogens with zero attached hydrogens (tertiary/aromatic N) is 3. The van der Waals surface area contributed by atoms with E-state index < -0.39 is 24.2 Å². The minimum atomic E-state index is -0.734. The number of halogens is 2. The number of aromatic amines is 1. The van der Waals surface area contributed by atoms with Crippen LogP contribution < -0.4 is 10.1 Å². The molecule has 9 nitrogen and oxygen atoms in total. The Balaban J connectivity index is 1.14. The Morgan fingerprint density at radius 2 is 1.92 bits per heavy atom. The van der Waals surface area contributed by atoms with Crippen molar-refractivity contribution in [3.05, 3.63) is 81.1 Å². The maximum Gasteiger partial charge on any atom is 0.407 e. The number of carbonyl (C=O) groups excluding carboxylic acids is 2. The van der Waals surface area contributed by atoms with E-state index in [2.05, 4.69) is 32.0 Å². The number of thiophene rings is 1. The Bertz CT molecular complexity index is 2080. The zero-order valence-corrected chi connectivity index (χ0v) is 29.0. The number of fused-ring (bicyclic) bond motifs is 5. The molecule has 0 spiro atoms. The van der Waals surface area contributed by atoms with Crippen molar-refractivity contribution >= 4 is 45.8 Å². The summed E-state index contributed by atoms with van der Waals surface area (Å²) >= 11 is 8.15. The Hall–Kier alpha value is -4.35. The van der Waals surface area contributed by atoms with Crippen molar-refractivity contribution < 1.29 is 23.5 Å². The number of ether oxygens (including phenoxy) is 2. The second-order valence-corrected chi connectivity index (χ2v) is 15.1. The van der Waals surface area contributed by atoms with Crippen LogP contribution in [0.1, 0.15) is 79.7 Å². The number of methoxy groups -OCH3 is 1. The van der Waals surface area contributed by atoms with Gasteiger partial charge in [-0.2, -0.15) is 0 Å². The van der Waals surface area contributed by atoms with Crippen LogP contribution in [0.5, 0.6) is 5.75 Å². The predicted molar refractivity (Wildman–Crippen MR) is 187 cm³/mol. The largest absolute Gasteiger partial charge is 0.464 e. The molecule has 1 saturated carbocycles. The maximum atomic E-state index is 16.3. The van der Waals surface area contributed by atoms with Gasteiger partial charge in [0.05, 0.1) is 46.7 Å². The Labute approximate surface area is 292 Å². The highest BCUT2D eigenvalue weighted by Crippen LogP contribution is 2.49. The number of hydrogen-bond acceptors (Lipinski definition) is 6. The number of hydrogen-bond donors (Lipinski definition) is 2. The molecule has 254 valence electrons. The molecule has 12 heteroatoms. The summed E-state index contributed by atoms with van der Waals surface area (Å²) in [5.74, 6) is 0.909. The molecule has 0 radical (unpaired) electrons. The lowest BCUT2D eigenvalue weighted by atomic mass is 9.84. The summed E-state index contributed by atoms with van der Waals surface area (Å²) in [6, 6.07) is 14.4. The number of aromatic nitrogens is 3. The molecule has 49 heavy (non-hydrogen) atoms. The second kappa shape index (κ2) is 12.5. The van der Waals surface area contributed by atoms with Crippen LogP contribution in [0.25, 0.3) is 33.4 Å². The maximum absolute atomic E-state index is 16.3.